The van der Waals surface area contributed by atoms with Crippen molar-refractivity contribution in [1.29, 1.82) is 0 Å². The molecule has 0 saturated heterocycles. The average molecular weight is 497 g/mol. The Hall–Kier alpha value is -2.03. The Morgan fingerprint density at radius 3 is 2.63 bits per heavy atom. The summed E-state index contributed by atoms with van der Waals surface area (Å²) in [6.45, 7) is 4.59. The first kappa shape index (κ1) is 26.0. The van der Waals surface area contributed by atoms with E-state index in [1.54, 1.807) is 0 Å². The number of ketones is 1. The second kappa shape index (κ2) is 9.45. The van der Waals surface area contributed by atoms with Crippen LogP contribution in [0.1, 0.15) is 78.1 Å². The highest BCUT2D eigenvalue weighted by Gasteiger charge is 2.60. The fraction of sp³-hybridized carbons (Fsp3) is 0.808. The molecule has 9 heteroatoms. The molecular formula is C26H38F2N2O5. The number of carbonyl (C=O) groups is 3. The topological polar surface area (TPSA) is 119 Å². The van der Waals surface area contributed by atoms with Gasteiger partial charge in [0.1, 0.15) is 6.10 Å². The Kier molecular flexibility index (Phi) is 7.03. The molecule has 3 saturated carbocycles. The quantitative estimate of drug-likeness (QED) is 0.449. The van der Waals surface area contributed by atoms with Crippen LogP contribution in [0.15, 0.2) is 11.6 Å². The fourth-order valence-corrected chi connectivity index (χ4v) is 7.76. The van der Waals surface area contributed by atoms with Gasteiger partial charge in [-0.25, -0.2) is 18.4 Å². The van der Waals surface area contributed by atoms with Gasteiger partial charge in [-0.2, -0.15) is 0 Å². The monoisotopic (exact) mass is 496 g/mol. The first-order valence-electron chi connectivity index (χ1n) is 12.9. The number of nitrogens with one attached hydrogen (secondary N) is 1. The number of amides is 1. The van der Waals surface area contributed by atoms with Crippen molar-refractivity contribution in [2.45, 2.75) is 96.1 Å². The van der Waals surface area contributed by atoms with Crippen LogP contribution in [-0.4, -0.2) is 47.6 Å². The summed E-state index contributed by atoms with van der Waals surface area (Å²) >= 11 is 0. The highest BCUT2D eigenvalue weighted by Crippen LogP contribution is 2.65. The maximum Gasteiger partial charge on any atom is 0.407 e. The lowest BCUT2D eigenvalue weighted by Gasteiger charge is -2.57. The summed E-state index contributed by atoms with van der Waals surface area (Å²) in [4.78, 5) is 35.6. The number of alkyl halides is 2. The predicted molar refractivity (Wildman–Crippen MR) is 125 cm³/mol. The van der Waals surface area contributed by atoms with E-state index < -0.39 is 30.4 Å². The standard InChI is InChI=1S/C26H38F2N2O5/c1-24-11-8-16(31)14-15(24)4-5-17-18-6-7-20(25(18,2)12-9-19(17)24)35-23(34)30-13-3-10-26(29,21(27)28)22(32)33/h14,17-21H,3-13,29H2,1-2H3,(H,30,34)(H,32,33). The van der Waals surface area contributed by atoms with Crippen LogP contribution >= 0.6 is 0 Å². The molecule has 4 rings (SSSR count). The van der Waals surface area contributed by atoms with Gasteiger partial charge < -0.3 is 20.9 Å². The Balaban J connectivity index is 1.33. The van der Waals surface area contributed by atoms with Gasteiger partial charge in [-0.05, 0) is 87.0 Å². The third-order valence-electron chi connectivity index (χ3n) is 9.95. The van der Waals surface area contributed by atoms with E-state index in [9.17, 15) is 23.2 Å². The summed E-state index contributed by atoms with van der Waals surface area (Å²) < 4.78 is 31.8. The largest absolute Gasteiger partial charge is 0.480 e. The molecule has 3 fully saturated rings. The van der Waals surface area contributed by atoms with E-state index in [-0.39, 0.29) is 35.7 Å². The number of carbonyl (C=O) groups excluding carboxylic acids is 2. The Labute approximate surface area is 205 Å². The van der Waals surface area contributed by atoms with Crippen LogP contribution in [0, 0.1) is 28.6 Å². The number of allylic oxidation sites excluding steroid dienone is 1. The maximum absolute atomic E-state index is 13.0. The predicted octanol–water partition coefficient (Wildman–Crippen LogP) is 4.44. The van der Waals surface area contributed by atoms with Gasteiger partial charge in [0.25, 0.3) is 6.43 Å². The van der Waals surface area contributed by atoms with Crippen LogP contribution in [0.4, 0.5) is 13.6 Å². The second-order valence-electron chi connectivity index (χ2n) is 11.7. The van der Waals surface area contributed by atoms with E-state index in [2.05, 4.69) is 19.2 Å². The number of rotatable bonds is 7. The van der Waals surface area contributed by atoms with Crippen molar-refractivity contribution >= 4 is 17.8 Å². The summed E-state index contributed by atoms with van der Waals surface area (Å²) in [5, 5.41) is 11.6. The molecule has 35 heavy (non-hydrogen) atoms. The molecule has 0 aromatic rings. The molecule has 4 aliphatic rings. The Bertz CT molecular complexity index is 910. The molecule has 4 N–H and O–H groups in total. The number of nitrogens with two attached hydrogens (primary N) is 1. The molecule has 0 bridgehead atoms. The highest BCUT2D eigenvalue weighted by molar-refractivity contribution is 5.91. The van der Waals surface area contributed by atoms with E-state index in [1.807, 2.05) is 6.08 Å². The number of hydrogen-bond donors (Lipinski definition) is 3. The summed E-state index contributed by atoms with van der Waals surface area (Å²) in [5.74, 6) is 0.0843. The first-order chi connectivity index (χ1) is 16.4. The molecule has 4 aliphatic carbocycles. The van der Waals surface area contributed by atoms with E-state index in [4.69, 9.17) is 15.6 Å². The molecule has 0 spiro atoms. The van der Waals surface area contributed by atoms with Crippen LogP contribution in [0.25, 0.3) is 0 Å². The SMILES string of the molecule is CC12CCC(=O)C=C1CCC1C2CCC2(C)C(OC(=O)NCCCC(N)(C(=O)O)C(F)F)CCC12. The van der Waals surface area contributed by atoms with Crippen molar-refractivity contribution < 1.29 is 33.0 Å². The molecule has 0 radical (unpaired) electrons. The van der Waals surface area contributed by atoms with Crippen LogP contribution in [0.5, 0.6) is 0 Å². The Morgan fingerprint density at radius 1 is 1.20 bits per heavy atom. The maximum atomic E-state index is 13.0. The fourth-order valence-electron chi connectivity index (χ4n) is 7.76. The van der Waals surface area contributed by atoms with E-state index in [1.165, 1.54) is 5.57 Å². The summed E-state index contributed by atoms with van der Waals surface area (Å²) in [6.07, 6.45) is 4.91. The minimum Gasteiger partial charge on any atom is -0.480 e. The van der Waals surface area contributed by atoms with Crippen molar-refractivity contribution in [2.24, 2.45) is 34.3 Å². The number of halogens is 2. The number of fused-ring (bicyclic) bond motifs is 5. The third kappa shape index (κ3) is 4.49. The lowest BCUT2D eigenvalue weighted by molar-refractivity contribution is -0.150. The van der Waals surface area contributed by atoms with Crippen molar-refractivity contribution in [3.63, 3.8) is 0 Å². The molecule has 0 heterocycles. The third-order valence-corrected chi connectivity index (χ3v) is 9.95. The minimum atomic E-state index is -3.19. The van der Waals surface area contributed by atoms with E-state index in [0.717, 1.165) is 44.9 Å². The van der Waals surface area contributed by atoms with Gasteiger partial charge in [0, 0.05) is 18.4 Å². The Morgan fingerprint density at radius 2 is 1.94 bits per heavy atom. The molecule has 0 aromatic heterocycles. The lowest BCUT2D eigenvalue weighted by Crippen LogP contribution is -2.54. The van der Waals surface area contributed by atoms with E-state index in [0.29, 0.717) is 24.2 Å². The van der Waals surface area contributed by atoms with Crippen LogP contribution < -0.4 is 11.1 Å². The summed E-state index contributed by atoms with van der Waals surface area (Å²) in [7, 11) is 0. The normalized spacial score (nSPS) is 38.0. The van der Waals surface area contributed by atoms with Gasteiger partial charge in [-0.1, -0.05) is 19.4 Å². The van der Waals surface area contributed by atoms with Gasteiger partial charge in [-0.15, -0.1) is 0 Å². The zero-order chi connectivity index (χ0) is 25.6. The molecule has 0 aliphatic heterocycles. The minimum absolute atomic E-state index is 0.00743. The zero-order valence-electron chi connectivity index (χ0n) is 20.7. The van der Waals surface area contributed by atoms with Crippen molar-refractivity contribution in [3.8, 4) is 0 Å². The van der Waals surface area contributed by atoms with E-state index >= 15 is 0 Å². The van der Waals surface area contributed by atoms with Crippen molar-refractivity contribution in [2.75, 3.05) is 6.54 Å². The number of aliphatic carboxylic acids is 1. The number of carboxylic acid groups (broad SMARTS) is 1. The van der Waals surface area contributed by atoms with Gasteiger partial charge in [-0.3, -0.25) is 4.79 Å². The highest BCUT2D eigenvalue weighted by atomic mass is 19.3. The second-order valence-corrected chi connectivity index (χ2v) is 11.7. The van der Waals surface area contributed by atoms with Gasteiger partial charge >= 0.3 is 12.1 Å². The summed E-state index contributed by atoms with van der Waals surface area (Å²) in [5.41, 5.74) is 4.03. The number of carboxylic acids is 1. The van der Waals surface area contributed by atoms with Gasteiger partial charge in [0.05, 0.1) is 0 Å². The number of hydrogen-bond acceptors (Lipinski definition) is 5. The van der Waals surface area contributed by atoms with Crippen molar-refractivity contribution in [3.05, 3.63) is 11.6 Å². The van der Waals surface area contributed by atoms with Crippen LogP contribution in [0.2, 0.25) is 0 Å². The molecule has 7 atom stereocenters. The lowest BCUT2D eigenvalue weighted by atomic mass is 9.47. The van der Waals surface area contributed by atoms with Crippen LogP contribution in [0.3, 0.4) is 0 Å². The molecular weight excluding hydrogens is 458 g/mol. The molecule has 0 aromatic carbocycles. The average Bonchev–Trinajstić information content (AvgIpc) is 3.12. The molecule has 7 nitrogen and oxygen atoms in total. The van der Waals surface area contributed by atoms with Gasteiger partial charge in [0.15, 0.2) is 11.3 Å². The number of alkyl carbamates (subject to hydrolysis) is 1. The smallest absolute Gasteiger partial charge is 0.407 e. The summed E-state index contributed by atoms with van der Waals surface area (Å²) in [6, 6.07) is 0. The first-order valence-corrected chi connectivity index (χ1v) is 12.9. The zero-order valence-corrected chi connectivity index (χ0v) is 20.7. The molecule has 7 unspecified atom stereocenters. The number of ether oxygens (including phenoxy) is 1. The van der Waals surface area contributed by atoms with Gasteiger partial charge in [0.2, 0.25) is 0 Å². The molecule has 196 valence electrons. The van der Waals surface area contributed by atoms with Crippen LogP contribution in [-0.2, 0) is 14.3 Å². The van der Waals surface area contributed by atoms with Crippen molar-refractivity contribution in [1.82, 2.24) is 5.32 Å². The molecule has 1 amide bonds.